The van der Waals surface area contributed by atoms with E-state index in [1.807, 2.05) is 0 Å². The number of hydrogen-bond acceptors (Lipinski definition) is 0. The van der Waals surface area contributed by atoms with Gasteiger partial charge in [0, 0.05) is 0 Å². The van der Waals surface area contributed by atoms with E-state index < -0.39 is 11.5 Å². The van der Waals surface area contributed by atoms with Gasteiger partial charge in [0.15, 0.2) is 0 Å². The van der Waals surface area contributed by atoms with Crippen LogP contribution in [-0.2, 0) is 27.4 Å². The van der Waals surface area contributed by atoms with Gasteiger partial charge < -0.3 is 0 Å². The predicted octanol–water partition coefficient (Wildman–Crippen LogP) is 2.22. The quantitative estimate of drug-likeness (QED) is 0.520. The van der Waals surface area contributed by atoms with Crippen molar-refractivity contribution < 1.29 is 46.5 Å². The zero-order valence-electron chi connectivity index (χ0n) is 2.96. The van der Waals surface area contributed by atoms with Crippen LogP contribution in [0, 0.1) is 19.1 Å². The normalized spacial score (nSPS) is 12.2. The molecule has 0 aromatic heterocycles. The summed E-state index contributed by atoms with van der Waals surface area (Å²) in [6.07, 6.45) is 0. The van der Waals surface area contributed by atoms with Crippen molar-refractivity contribution in [2.45, 2.75) is 0 Å². The molecular weight excluding hydrogens is 426 g/mol. The van der Waals surface area contributed by atoms with Crippen molar-refractivity contribution in [3.05, 3.63) is 0 Å². The van der Waals surface area contributed by atoms with Crippen LogP contribution in [0.1, 0.15) is 0 Å². The summed E-state index contributed by atoms with van der Waals surface area (Å²) in [6.45, 7) is 0. The third kappa shape index (κ3) is 62.8. The molecule has 63 valence electrons. The summed E-state index contributed by atoms with van der Waals surface area (Å²) in [7, 11) is 28.4. The van der Waals surface area contributed by atoms with Crippen LogP contribution in [0.4, 0.5) is 0 Å². The van der Waals surface area contributed by atoms with Gasteiger partial charge in [-0.15, -0.1) is 0 Å². The van der Waals surface area contributed by atoms with E-state index in [9.17, 15) is 0 Å². The summed E-state index contributed by atoms with van der Waals surface area (Å²) in [5.74, 6) is 0. The van der Waals surface area contributed by atoms with Crippen LogP contribution >= 0.6 is 38.1 Å². The second-order valence-electron chi connectivity index (χ2n) is 0.338. The average molecular weight is 428 g/mol. The molecule has 0 spiro atoms. The van der Waals surface area contributed by atoms with Crippen molar-refractivity contribution in [2.24, 2.45) is 0 Å². The van der Waals surface area contributed by atoms with E-state index in [1.165, 1.54) is 0 Å². The van der Waals surface area contributed by atoms with Gasteiger partial charge in [0.25, 0.3) is 0 Å². The second-order valence-corrected chi connectivity index (χ2v) is 18.0. The summed E-state index contributed by atoms with van der Waals surface area (Å²) in [4.78, 5) is 0. The molecule has 0 fully saturated rings. The maximum atomic E-state index is 5.08. The fourth-order valence-corrected chi connectivity index (χ4v) is 0. The third-order valence-electron chi connectivity index (χ3n) is 0. The molecule has 0 aliphatic heterocycles. The molecule has 8 heavy (non-hydrogen) atoms. The molecule has 0 aromatic rings. The molecule has 0 aromatic carbocycles. The summed E-state index contributed by atoms with van der Waals surface area (Å²) >= 11 is -2.69. The van der Waals surface area contributed by atoms with E-state index >= 15 is 0 Å². The zero-order valence-corrected chi connectivity index (χ0v) is 10.7. The van der Waals surface area contributed by atoms with Crippen molar-refractivity contribution >= 4 is 38.1 Å². The van der Waals surface area contributed by atoms with Gasteiger partial charge in [-0.2, -0.15) is 0 Å². The van der Waals surface area contributed by atoms with Crippen LogP contribution in [0.3, 0.4) is 0 Å². The molecule has 0 N–H and O–H groups in total. The molecule has 0 aliphatic carbocycles. The van der Waals surface area contributed by atoms with E-state index in [2.05, 4.69) is 19.1 Å². The first-order valence-electron chi connectivity index (χ1n) is 0.736. The fraction of sp³-hybridized carbons (Fsp3) is 0. The fourth-order valence-electron chi connectivity index (χ4n) is 0. The van der Waals surface area contributed by atoms with Gasteiger partial charge in [0.1, 0.15) is 0 Å². The SMILES string of the molecule is [Cl][Pd-][Cl].[Cl][Pd]([Cl])([ClH+])[ClH+]. The monoisotopic (exact) mass is 424 g/mol. The van der Waals surface area contributed by atoms with Gasteiger partial charge in [0.2, 0.25) is 0 Å². The van der Waals surface area contributed by atoms with Gasteiger partial charge in [0.05, 0.1) is 0 Å². The Balaban J connectivity index is 0. The van der Waals surface area contributed by atoms with Crippen molar-refractivity contribution in [3.8, 4) is 0 Å². The van der Waals surface area contributed by atoms with E-state index in [1.54, 1.807) is 0 Å². The first kappa shape index (κ1) is 13.6. The predicted molar refractivity (Wildman–Crippen MR) is 26.2 cm³/mol. The van der Waals surface area contributed by atoms with Gasteiger partial charge in [-0.05, 0) is 0 Å². The molecule has 0 unspecified atom stereocenters. The Hall–Kier alpha value is 3.06. The molecule has 0 atom stereocenters. The Morgan fingerprint density at radius 3 is 1.12 bits per heavy atom. The number of hydrogen-bond donors (Lipinski definition) is 0. The van der Waals surface area contributed by atoms with E-state index in [4.69, 9.17) is 38.1 Å². The Morgan fingerprint density at radius 2 is 1.12 bits per heavy atom. The van der Waals surface area contributed by atoms with Gasteiger partial charge in [-0.1, -0.05) is 0 Å². The summed E-state index contributed by atoms with van der Waals surface area (Å²) < 4.78 is 0. The first-order chi connectivity index (χ1) is 3.41. The Kier molecular flexibility index (Phi) is 13.9. The van der Waals surface area contributed by atoms with Crippen molar-refractivity contribution in [3.63, 3.8) is 0 Å². The first-order valence-corrected chi connectivity index (χ1v) is 13.1. The molecule has 8 heteroatoms. The molecule has 0 saturated carbocycles. The Bertz CT molecular complexity index is 30.3. The molecule has 0 aliphatic rings. The molecule has 0 radical (unpaired) electrons. The molecule has 0 heterocycles. The molecular formula is H2Cl6Pd2+. The summed E-state index contributed by atoms with van der Waals surface area (Å²) in [6, 6.07) is 0. The Labute approximate surface area is 83.1 Å². The standard InChI is InChI=1S/6ClH.2Pd/h6*1H;;/q;;;;;;+1;+4/p-4. The van der Waals surface area contributed by atoms with Crippen LogP contribution in [0.2, 0.25) is 0 Å². The van der Waals surface area contributed by atoms with E-state index in [0.717, 1.165) is 0 Å². The molecule has 0 saturated heterocycles. The molecule has 0 rings (SSSR count). The second kappa shape index (κ2) is 8.16. The van der Waals surface area contributed by atoms with Crippen LogP contribution < -0.4 is 0 Å². The summed E-state index contributed by atoms with van der Waals surface area (Å²) in [5, 5.41) is 0. The topological polar surface area (TPSA) is 0 Å². The zero-order chi connectivity index (χ0) is 7.21. The van der Waals surface area contributed by atoms with Crippen molar-refractivity contribution in [1.82, 2.24) is 0 Å². The van der Waals surface area contributed by atoms with Crippen molar-refractivity contribution in [1.29, 1.82) is 0 Å². The van der Waals surface area contributed by atoms with Crippen LogP contribution in [0.5, 0.6) is 0 Å². The van der Waals surface area contributed by atoms with Crippen LogP contribution in [0.15, 0.2) is 0 Å². The van der Waals surface area contributed by atoms with E-state index in [0.29, 0.717) is 0 Å². The van der Waals surface area contributed by atoms with Gasteiger partial charge in [-0.3, -0.25) is 0 Å². The molecule has 0 bridgehead atoms. The summed E-state index contributed by atoms with van der Waals surface area (Å²) in [5.41, 5.74) is 0. The molecule has 0 amide bonds. The van der Waals surface area contributed by atoms with Crippen LogP contribution in [-0.4, -0.2) is 0 Å². The van der Waals surface area contributed by atoms with Gasteiger partial charge in [-0.25, -0.2) is 0 Å². The third-order valence-corrected chi connectivity index (χ3v) is 0. The minimum absolute atomic E-state index is 0.106. The van der Waals surface area contributed by atoms with E-state index in [-0.39, 0.29) is 15.9 Å². The van der Waals surface area contributed by atoms with Crippen molar-refractivity contribution in [2.75, 3.05) is 0 Å². The number of rotatable bonds is 0. The maximum absolute atomic E-state index is 5.08. The van der Waals surface area contributed by atoms with Crippen LogP contribution in [0.25, 0.3) is 0 Å². The molecule has 0 nitrogen and oxygen atoms in total. The Morgan fingerprint density at radius 1 is 1.12 bits per heavy atom. The minimum atomic E-state index is -2.59. The number of halogens is 6. The average Bonchev–Trinajstić information content (AvgIpc) is 1.27. The van der Waals surface area contributed by atoms with Gasteiger partial charge >= 0.3 is 84.6 Å².